The van der Waals surface area contributed by atoms with Crippen LogP contribution in [0.5, 0.6) is 0 Å². The van der Waals surface area contributed by atoms with Gasteiger partial charge < -0.3 is 21.1 Å². The molecule has 1 fully saturated rings. The first-order chi connectivity index (χ1) is 20.2. The minimum absolute atomic E-state index is 0.127. The van der Waals surface area contributed by atoms with Crippen LogP contribution in [0.3, 0.4) is 0 Å². The van der Waals surface area contributed by atoms with Crippen molar-refractivity contribution >= 4 is 32.8 Å². The number of halogens is 3. The Hall–Kier alpha value is -3.42. The number of piperidine rings is 1. The summed E-state index contributed by atoms with van der Waals surface area (Å²) in [5, 5.41) is 11.7. The predicted molar refractivity (Wildman–Crippen MR) is 160 cm³/mol. The summed E-state index contributed by atoms with van der Waals surface area (Å²) in [6, 6.07) is 12.8. The highest BCUT2D eigenvalue weighted by Gasteiger charge is 2.38. The number of rotatable bonds is 10. The third-order valence-electron chi connectivity index (χ3n) is 7.62. The molecule has 1 aliphatic rings. The maximum atomic E-state index is 12.4. The number of hydrogen-bond acceptors (Lipinski definition) is 5. The van der Waals surface area contributed by atoms with E-state index in [0.717, 1.165) is 59.8 Å². The van der Waals surface area contributed by atoms with Gasteiger partial charge in [-0.15, -0.1) is 0 Å². The zero-order valence-electron chi connectivity index (χ0n) is 24.5. The number of benzene rings is 2. The molecule has 1 amide bonds. The van der Waals surface area contributed by atoms with Crippen molar-refractivity contribution < 1.29 is 36.3 Å². The van der Waals surface area contributed by atoms with Crippen molar-refractivity contribution in [1.82, 2.24) is 14.6 Å². The van der Waals surface area contributed by atoms with Crippen LogP contribution < -0.4 is 11.1 Å². The van der Waals surface area contributed by atoms with Crippen molar-refractivity contribution in [2.75, 3.05) is 18.8 Å². The number of aromatic nitrogens is 1. The number of amides is 1. The van der Waals surface area contributed by atoms with Gasteiger partial charge in [0.05, 0.1) is 16.8 Å². The Balaban J connectivity index is 0.000000646. The number of nitrogens with zero attached hydrogens (tertiary/aromatic N) is 1. The van der Waals surface area contributed by atoms with Gasteiger partial charge >= 0.3 is 12.1 Å². The van der Waals surface area contributed by atoms with Gasteiger partial charge in [0.2, 0.25) is 10.0 Å². The van der Waals surface area contributed by atoms with Crippen LogP contribution in [0.1, 0.15) is 73.9 Å². The van der Waals surface area contributed by atoms with Crippen molar-refractivity contribution in [3.05, 3.63) is 59.3 Å². The lowest BCUT2D eigenvalue weighted by molar-refractivity contribution is -0.192. The van der Waals surface area contributed by atoms with Crippen molar-refractivity contribution in [2.45, 2.75) is 71.1 Å². The van der Waals surface area contributed by atoms with Crippen molar-refractivity contribution in [3.63, 3.8) is 0 Å². The van der Waals surface area contributed by atoms with Gasteiger partial charge in [-0.1, -0.05) is 31.5 Å². The van der Waals surface area contributed by atoms with E-state index in [1.165, 1.54) is 5.56 Å². The van der Waals surface area contributed by atoms with E-state index in [2.05, 4.69) is 48.4 Å². The monoisotopic (exact) mass is 624 g/mol. The van der Waals surface area contributed by atoms with Crippen LogP contribution in [0.4, 0.5) is 13.2 Å². The van der Waals surface area contributed by atoms with Crippen LogP contribution in [-0.2, 0) is 21.4 Å². The van der Waals surface area contributed by atoms with Crippen LogP contribution >= 0.6 is 0 Å². The molecule has 5 N–H and O–H groups in total. The molecule has 1 saturated heterocycles. The van der Waals surface area contributed by atoms with Gasteiger partial charge in [-0.05, 0) is 79.5 Å². The lowest BCUT2D eigenvalue weighted by Crippen LogP contribution is -2.38. The number of nitrogens with two attached hydrogens (primary N) is 1. The fourth-order valence-electron chi connectivity index (χ4n) is 5.27. The molecular weight excluding hydrogens is 585 g/mol. The molecule has 236 valence electrons. The maximum absolute atomic E-state index is 12.4. The molecule has 0 spiro atoms. The largest absolute Gasteiger partial charge is 0.490 e. The number of aromatic amines is 1. The summed E-state index contributed by atoms with van der Waals surface area (Å²) in [6.07, 6.45) is 0.665. The molecule has 2 aromatic carbocycles. The molecule has 13 heteroatoms. The Morgan fingerprint density at radius 2 is 1.79 bits per heavy atom. The SMILES string of the molecule is CCCC(C)NCc1cccc(-c2cc(C(N)=O)c3[nH]cc(C4CCN(S(=O)(=O)CC)CC4)c3c2)c1.O=C(O)C(F)(F)F. The molecule has 1 unspecified atom stereocenters. The van der Waals surface area contributed by atoms with Gasteiger partial charge in [-0.25, -0.2) is 17.5 Å². The lowest BCUT2D eigenvalue weighted by atomic mass is 9.88. The predicted octanol–water partition coefficient (Wildman–Crippen LogP) is 5.37. The minimum Gasteiger partial charge on any atom is -0.475 e. The Bertz CT molecular complexity index is 1530. The fourth-order valence-corrected chi connectivity index (χ4v) is 6.40. The first-order valence-electron chi connectivity index (χ1n) is 14.2. The normalized spacial score (nSPS) is 15.6. The molecule has 3 aromatic rings. The van der Waals surface area contributed by atoms with Crippen LogP contribution in [-0.4, -0.2) is 65.8 Å². The summed E-state index contributed by atoms with van der Waals surface area (Å²) >= 11 is 0. The average Bonchev–Trinajstić information content (AvgIpc) is 3.40. The molecule has 9 nitrogen and oxygen atoms in total. The number of hydrogen-bond donors (Lipinski definition) is 4. The number of H-pyrrole nitrogens is 1. The Labute approximate surface area is 249 Å². The van der Waals surface area contributed by atoms with Crippen molar-refractivity contribution in [1.29, 1.82) is 0 Å². The quantitative estimate of drug-likeness (QED) is 0.239. The smallest absolute Gasteiger partial charge is 0.475 e. The first kappa shape index (κ1) is 34.1. The van der Waals surface area contributed by atoms with Gasteiger partial charge in [0.1, 0.15) is 0 Å². The second kappa shape index (κ2) is 14.4. The van der Waals surface area contributed by atoms with E-state index < -0.39 is 28.1 Å². The van der Waals surface area contributed by atoms with E-state index >= 15 is 0 Å². The van der Waals surface area contributed by atoms with Gasteiger partial charge in [0.15, 0.2) is 0 Å². The first-order valence-corrected chi connectivity index (χ1v) is 15.8. The van der Waals surface area contributed by atoms with Crippen LogP contribution in [0, 0.1) is 0 Å². The Morgan fingerprint density at radius 1 is 1.14 bits per heavy atom. The average molecular weight is 625 g/mol. The van der Waals surface area contributed by atoms with E-state index in [1.54, 1.807) is 11.2 Å². The summed E-state index contributed by atoms with van der Waals surface area (Å²) in [7, 11) is -3.18. The summed E-state index contributed by atoms with van der Waals surface area (Å²) in [5.74, 6) is -2.88. The molecule has 0 saturated carbocycles. The van der Waals surface area contributed by atoms with E-state index in [-0.39, 0.29) is 11.7 Å². The van der Waals surface area contributed by atoms with Crippen molar-refractivity contribution in [2.24, 2.45) is 5.73 Å². The van der Waals surface area contributed by atoms with Gasteiger partial charge in [0.25, 0.3) is 5.91 Å². The molecule has 1 atom stereocenters. The zero-order chi connectivity index (χ0) is 31.9. The molecule has 43 heavy (non-hydrogen) atoms. The van der Waals surface area contributed by atoms with E-state index in [4.69, 9.17) is 15.6 Å². The molecule has 0 aliphatic carbocycles. The van der Waals surface area contributed by atoms with E-state index in [1.807, 2.05) is 18.3 Å². The number of carboxylic acids is 1. The Morgan fingerprint density at radius 3 is 2.35 bits per heavy atom. The standard InChI is InChI=1S/C28H38N4O3S.C2HF3O2/c1-4-7-19(3)30-17-20-8-6-9-22(14-20)23-15-24-26(18-31-27(24)25(16-23)28(29)33)21-10-12-32(13-11-21)36(34,35)5-2;3-2(4,5)1(6)7/h6,8-9,14-16,18-19,21,30-31H,4-5,7,10-13,17H2,1-3H3,(H2,29,33);(H,6,7). The van der Waals surface area contributed by atoms with Crippen molar-refractivity contribution in [3.8, 4) is 11.1 Å². The van der Waals surface area contributed by atoms with Crippen LogP contribution in [0.2, 0.25) is 0 Å². The maximum Gasteiger partial charge on any atom is 0.490 e. The van der Waals surface area contributed by atoms with E-state index in [0.29, 0.717) is 24.7 Å². The minimum atomic E-state index is -5.08. The van der Waals surface area contributed by atoms with E-state index in [9.17, 15) is 26.4 Å². The second-order valence-corrected chi connectivity index (χ2v) is 13.0. The third-order valence-corrected chi connectivity index (χ3v) is 9.50. The number of alkyl halides is 3. The topological polar surface area (TPSA) is 146 Å². The number of sulfonamides is 1. The lowest BCUT2D eigenvalue weighted by Gasteiger charge is -2.31. The van der Waals surface area contributed by atoms with Crippen LogP contribution in [0.15, 0.2) is 42.6 Å². The molecule has 1 aromatic heterocycles. The summed E-state index contributed by atoms with van der Waals surface area (Å²) in [4.78, 5) is 24.6. The highest BCUT2D eigenvalue weighted by atomic mass is 32.2. The third kappa shape index (κ3) is 8.80. The zero-order valence-corrected chi connectivity index (χ0v) is 25.3. The fraction of sp³-hybridized carbons (Fsp3) is 0.467. The highest BCUT2D eigenvalue weighted by Crippen LogP contribution is 2.37. The molecule has 0 bridgehead atoms. The van der Waals surface area contributed by atoms with Gasteiger partial charge in [-0.3, -0.25) is 4.79 Å². The van der Waals surface area contributed by atoms with Crippen LogP contribution in [0.25, 0.3) is 22.0 Å². The summed E-state index contributed by atoms with van der Waals surface area (Å²) in [5.41, 5.74) is 11.3. The number of primary amides is 1. The molecule has 0 radical (unpaired) electrons. The Kier molecular flexibility index (Phi) is 11.4. The number of aliphatic carboxylic acids is 1. The number of carbonyl (C=O) groups is 2. The molecular formula is C30H39F3N4O5S. The molecule has 2 heterocycles. The number of fused-ring (bicyclic) bond motifs is 1. The molecule has 4 rings (SSSR count). The number of nitrogens with one attached hydrogen (secondary N) is 2. The summed E-state index contributed by atoms with van der Waals surface area (Å²) < 4.78 is 57.9. The van der Waals surface area contributed by atoms with Gasteiger partial charge in [-0.2, -0.15) is 13.2 Å². The summed E-state index contributed by atoms with van der Waals surface area (Å²) in [6.45, 7) is 7.90. The second-order valence-electron chi connectivity index (χ2n) is 10.7. The number of carboxylic acid groups (broad SMARTS) is 1. The molecule has 1 aliphatic heterocycles. The van der Waals surface area contributed by atoms with Gasteiger partial charge in [0, 0.05) is 37.3 Å². The number of carbonyl (C=O) groups excluding carboxylic acids is 1. The highest BCUT2D eigenvalue weighted by molar-refractivity contribution is 7.89.